The molecule has 2 N–H and O–H groups in total. The van der Waals surface area contributed by atoms with Gasteiger partial charge in [-0.3, -0.25) is 9.78 Å². The fraction of sp³-hybridized carbons (Fsp3) is 0.263. The van der Waals surface area contributed by atoms with E-state index in [1.807, 2.05) is 0 Å². The molecule has 1 aliphatic heterocycles. The summed E-state index contributed by atoms with van der Waals surface area (Å²) in [6.07, 6.45) is 8.09. The normalized spacial score (nSPS) is 17.2. The summed E-state index contributed by atoms with van der Waals surface area (Å²) < 4.78 is 19.6. The number of nitrogens with zero attached hydrogens (tertiary/aromatic N) is 2. The van der Waals surface area contributed by atoms with Gasteiger partial charge in [0.15, 0.2) is 11.6 Å². The summed E-state index contributed by atoms with van der Waals surface area (Å²) in [5, 5.41) is 0. The lowest BCUT2D eigenvalue weighted by Crippen LogP contribution is -2.38. The number of hydrogen-bond donors (Lipinski definition) is 1. The molecule has 1 aromatic carbocycles. The van der Waals surface area contributed by atoms with E-state index in [-0.39, 0.29) is 17.7 Å². The molecular formula is C19H20FN3O2. The van der Waals surface area contributed by atoms with Gasteiger partial charge in [0, 0.05) is 31.4 Å². The lowest BCUT2D eigenvalue weighted by Gasteiger charge is -2.21. The highest BCUT2D eigenvalue weighted by Crippen LogP contribution is 2.25. The molecular weight excluding hydrogens is 321 g/mol. The van der Waals surface area contributed by atoms with Crippen molar-refractivity contribution in [1.82, 2.24) is 9.88 Å². The topological polar surface area (TPSA) is 68.5 Å². The number of benzene rings is 1. The molecule has 6 heteroatoms. The number of halogens is 1. The predicted octanol–water partition coefficient (Wildman–Crippen LogP) is 2.98. The van der Waals surface area contributed by atoms with Gasteiger partial charge in [-0.15, -0.1) is 0 Å². The van der Waals surface area contributed by atoms with Crippen molar-refractivity contribution in [1.29, 1.82) is 0 Å². The van der Waals surface area contributed by atoms with Crippen LogP contribution < -0.4 is 10.5 Å². The van der Waals surface area contributed by atoms with E-state index in [0.29, 0.717) is 17.9 Å². The second-order valence-corrected chi connectivity index (χ2v) is 5.88. The summed E-state index contributed by atoms with van der Waals surface area (Å²) in [7, 11) is 0. The maximum Gasteiger partial charge on any atom is 0.246 e. The highest BCUT2D eigenvalue weighted by atomic mass is 19.1. The summed E-state index contributed by atoms with van der Waals surface area (Å²) in [6.45, 7) is 1.19. The largest absolute Gasteiger partial charge is 0.453 e. The zero-order valence-electron chi connectivity index (χ0n) is 13.8. The van der Waals surface area contributed by atoms with Gasteiger partial charge in [0.1, 0.15) is 5.75 Å². The second-order valence-electron chi connectivity index (χ2n) is 5.88. The number of amides is 1. The number of hydrogen-bond acceptors (Lipinski definition) is 4. The summed E-state index contributed by atoms with van der Waals surface area (Å²) >= 11 is 0. The van der Waals surface area contributed by atoms with Crippen molar-refractivity contribution in [2.75, 3.05) is 13.1 Å². The minimum atomic E-state index is -0.501. The summed E-state index contributed by atoms with van der Waals surface area (Å²) in [4.78, 5) is 17.9. The van der Waals surface area contributed by atoms with Gasteiger partial charge in [-0.1, -0.05) is 6.07 Å². The van der Waals surface area contributed by atoms with E-state index in [1.54, 1.807) is 35.4 Å². The predicted molar refractivity (Wildman–Crippen MR) is 93.5 cm³/mol. The number of likely N-dealkylation sites (tertiary alicyclic amines) is 1. The maximum absolute atomic E-state index is 14.2. The van der Waals surface area contributed by atoms with Crippen molar-refractivity contribution in [2.24, 2.45) is 5.73 Å². The van der Waals surface area contributed by atoms with Gasteiger partial charge in [0.2, 0.25) is 5.91 Å². The van der Waals surface area contributed by atoms with Crippen LogP contribution in [0.1, 0.15) is 18.4 Å². The summed E-state index contributed by atoms with van der Waals surface area (Å²) in [5.74, 6) is -0.0237. The van der Waals surface area contributed by atoms with E-state index < -0.39 is 5.82 Å². The molecule has 0 radical (unpaired) electrons. The van der Waals surface area contributed by atoms with E-state index >= 15 is 0 Å². The minimum Gasteiger partial charge on any atom is -0.453 e. The standard InChI is InChI=1S/C19H20FN3O2/c20-17-11-14(5-7-18(17)25-16-4-1-9-22-13-16)6-8-19(24)23-10-2-3-15(23)12-21/h1,4-9,11,13,15H,2-3,10,12,21H2/b8-6+. The first-order chi connectivity index (χ1) is 12.2. The van der Waals surface area contributed by atoms with Gasteiger partial charge in [-0.25, -0.2) is 4.39 Å². The SMILES string of the molecule is NCC1CCCN1C(=O)/C=C/c1ccc(Oc2cccnc2)c(F)c1. The van der Waals surface area contributed by atoms with Gasteiger partial charge in [0.25, 0.3) is 0 Å². The van der Waals surface area contributed by atoms with Crippen molar-refractivity contribution in [2.45, 2.75) is 18.9 Å². The smallest absolute Gasteiger partial charge is 0.246 e. The van der Waals surface area contributed by atoms with Crippen LogP contribution >= 0.6 is 0 Å². The molecule has 25 heavy (non-hydrogen) atoms. The Kier molecular flexibility index (Phi) is 5.40. The number of carbonyl (C=O) groups excluding carboxylic acids is 1. The van der Waals surface area contributed by atoms with E-state index in [2.05, 4.69) is 4.98 Å². The van der Waals surface area contributed by atoms with Gasteiger partial charge < -0.3 is 15.4 Å². The van der Waals surface area contributed by atoms with Crippen molar-refractivity contribution < 1.29 is 13.9 Å². The highest BCUT2D eigenvalue weighted by molar-refractivity contribution is 5.92. The molecule has 1 unspecified atom stereocenters. The molecule has 2 heterocycles. The Balaban J connectivity index is 1.67. The van der Waals surface area contributed by atoms with Crippen molar-refractivity contribution in [3.8, 4) is 11.5 Å². The fourth-order valence-corrected chi connectivity index (χ4v) is 2.87. The number of aromatic nitrogens is 1. The Bertz CT molecular complexity index is 765. The molecule has 1 fully saturated rings. The van der Waals surface area contributed by atoms with E-state index in [4.69, 9.17) is 10.5 Å². The quantitative estimate of drug-likeness (QED) is 0.849. The molecule has 3 rings (SSSR count). The molecule has 1 aromatic heterocycles. The van der Waals surface area contributed by atoms with E-state index in [9.17, 15) is 9.18 Å². The number of nitrogens with two attached hydrogens (primary N) is 1. The molecule has 1 saturated heterocycles. The highest BCUT2D eigenvalue weighted by Gasteiger charge is 2.25. The van der Waals surface area contributed by atoms with Gasteiger partial charge in [-0.2, -0.15) is 0 Å². The number of ether oxygens (including phenoxy) is 1. The van der Waals surface area contributed by atoms with Gasteiger partial charge in [0.05, 0.1) is 6.20 Å². The molecule has 5 nitrogen and oxygen atoms in total. The average molecular weight is 341 g/mol. The molecule has 2 aromatic rings. The van der Waals surface area contributed by atoms with Crippen molar-refractivity contribution >= 4 is 12.0 Å². The molecule has 0 spiro atoms. The van der Waals surface area contributed by atoms with Crippen LogP contribution in [0.2, 0.25) is 0 Å². The van der Waals surface area contributed by atoms with Crippen LogP contribution in [0.5, 0.6) is 11.5 Å². The lowest BCUT2D eigenvalue weighted by molar-refractivity contribution is -0.126. The monoisotopic (exact) mass is 341 g/mol. The molecule has 1 aliphatic rings. The number of pyridine rings is 1. The third kappa shape index (κ3) is 4.22. The van der Waals surface area contributed by atoms with Crippen LogP contribution in [-0.2, 0) is 4.79 Å². The molecule has 130 valence electrons. The first-order valence-corrected chi connectivity index (χ1v) is 8.23. The van der Waals surface area contributed by atoms with Crippen LogP contribution in [0.15, 0.2) is 48.8 Å². The summed E-state index contributed by atoms with van der Waals surface area (Å²) in [6, 6.07) is 8.07. The second kappa shape index (κ2) is 7.90. The van der Waals surface area contributed by atoms with Crippen LogP contribution in [0, 0.1) is 5.82 Å². The molecule has 0 saturated carbocycles. The fourth-order valence-electron chi connectivity index (χ4n) is 2.87. The van der Waals surface area contributed by atoms with Crippen LogP contribution in [0.25, 0.3) is 6.08 Å². The number of rotatable bonds is 5. The van der Waals surface area contributed by atoms with Crippen LogP contribution in [0.3, 0.4) is 0 Å². The molecule has 1 atom stereocenters. The molecule has 0 bridgehead atoms. The Morgan fingerprint density at radius 3 is 3.04 bits per heavy atom. The lowest BCUT2D eigenvalue weighted by atomic mass is 10.2. The first kappa shape index (κ1) is 17.1. The third-order valence-corrected chi connectivity index (χ3v) is 4.17. The van der Waals surface area contributed by atoms with Crippen molar-refractivity contribution in [3.63, 3.8) is 0 Å². The average Bonchev–Trinajstić information content (AvgIpc) is 3.11. The molecule has 0 aliphatic carbocycles. The minimum absolute atomic E-state index is 0.0935. The first-order valence-electron chi connectivity index (χ1n) is 8.23. The van der Waals surface area contributed by atoms with Crippen LogP contribution in [-0.4, -0.2) is 34.9 Å². The third-order valence-electron chi connectivity index (χ3n) is 4.17. The Hall–Kier alpha value is -2.73. The zero-order chi connectivity index (χ0) is 17.6. The van der Waals surface area contributed by atoms with Crippen LogP contribution in [0.4, 0.5) is 4.39 Å². The number of carbonyl (C=O) groups is 1. The van der Waals surface area contributed by atoms with E-state index in [1.165, 1.54) is 24.4 Å². The molecule has 1 amide bonds. The Labute approximate surface area is 145 Å². The Morgan fingerprint density at radius 2 is 2.32 bits per heavy atom. The van der Waals surface area contributed by atoms with Gasteiger partial charge in [-0.05, 0) is 48.7 Å². The zero-order valence-corrected chi connectivity index (χ0v) is 13.8. The van der Waals surface area contributed by atoms with E-state index in [0.717, 1.165) is 19.4 Å². The van der Waals surface area contributed by atoms with Crippen molar-refractivity contribution in [3.05, 3.63) is 60.2 Å². The Morgan fingerprint density at radius 1 is 1.44 bits per heavy atom. The summed E-state index contributed by atoms with van der Waals surface area (Å²) in [5.41, 5.74) is 6.27. The maximum atomic E-state index is 14.2. The van der Waals surface area contributed by atoms with Gasteiger partial charge >= 0.3 is 0 Å².